The average Bonchev–Trinajstić information content (AvgIpc) is 2.39. The molecule has 1 atom stereocenters. The molecular weight excluding hydrogens is 256 g/mol. The maximum Gasteiger partial charge on any atom is 0.166 e. The molecule has 0 saturated carbocycles. The summed E-state index contributed by atoms with van der Waals surface area (Å²) in [7, 11) is 0. The van der Waals surface area contributed by atoms with E-state index < -0.39 is 0 Å². The molecule has 19 heavy (non-hydrogen) atoms. The monoisotopic (exact) mass is 278 g/mol. The van der Waals surface area contributed by atoms with Gasteiger partial charge in [0.15, 0.2) is 5.11 Å². The van der Waals surface area contributed by atoms with Gasteiger partial charge in [0.2, 0.25) is 0 Å². The number of benzene rings is 1. The first-order valence-corrected chi connectivity index (χ1v) is 7.39. The van der Waals surface area contributed by atoms with Gasteiger partial charge < -0.3 is 15.4 Å². The van der Waals surface area contributed by atoms with Crippen molar-refractivity contribution in [2.45, 2.75) is 25.7 Å². The van der Waals surface area contributed by atoms with E-state index in [0.29, 0.717) is 5.92 Å². The third-order valence-corrected chi connectivity index (χ3v) is 3.71. The quantitative estimate of drug-likeness (QED) is 0.592. The summed E-state index contributed by atoms with van der Waals surface area (Å²) in [6.45, 7) is 5.38. The zero-order valence-corrected chi connectivity index (χ0v) is 12.3. The Bertz CT molecular complexity index is 422. The van der Waals surface area contributed by atoms with Crippen molar-refractivity contribution in [1.29, 1.82) is 0 Å². The highest BCUT2D eigenvalue weighted by Crippen LogP contribution is 2.33. The van der Waals surface area contributed by atoms with Gasteiger partial charge in [0.05, 0.1) is 0 Å². The van der Waals surface area contributed by atoms with E-state index in [1.807, 2.05) is 6.92 Å². The Hall–Kier alpha value is -1.13. The van der Waals surface area contributed by atoms with Crippen LogP contribution >= 0.6 is 12.2 Å². The summed E-state index contributed by atoms with van der Waals surface area (Å²) in [5.74, 6) is 0.611. The third kappa shape index (κ3) is 4.18. The van der Waals surface area contributed by atoms with E-state index in [-0.39, 0.29) is 0 Å². The van der Waals surface area contributed by atoms with Crippen LogP contribution < -0.4 is 10.6 Å². The van der Waals surface area contributed by atoms with Crippen molar-refractivity contribution in [3.8, 4) is 0 Å². The fourth-order valence-corrected chi connectivity index (χ4v) is 2.53. The number of nitrogens with one attached hydrogen (secondary N) is 2. The second kappa shape index (κ2) is 7.46. The van der Waals surface area contributed by atoms with Crippen molar-refractivity contribution in [3.05, 3.63) is 35.4 Å². The lowest BCUT2D eigenvalue weighted by molar-refractivity contribution is 0.145. The maximum absolute atomic E-state index is 5.28. The first-order valence-electron chi connectivity index (χ1n) is 6.98. The smallest absolute Gasteiger partial charge is 0.166 e. The second-order valence-corrected chi connectivity index (χ2v) is 5.20. The van der Waals surface area contributed by atoms with Gasteiger partial charge in [-0.25, -0.2) is 0 Å². The Morgan fingerprint density at radius 1 is 1.37 bits per heavy atom. The standard InChI is InChI=1S/C15H22N2OS/c1-2-18-9-5-8-16-15(19)17-11-13-10-12-6-3-4-7-14(12)13/h3-4,6-7,13H,2,5,8-11H2,1H3,(H2,16,17,19). The minimum Gasteiger partial charge on any atom is -0.382 e. The predicted octanol–water partition coefficient (Wildman–Crippen LogP) is 2.22. The zero-order valence-electron chi connectivity index (χ0n) is 11.4. The molecule has 0 radical (unpaired) electrons. The van der Waals surface area contributed by atoms with Crippen LogP contribution in [0.4, 0.5) is 0 Å². The van der Waals surface area contributed by atoms with E-state index in [0.717, 1.165) is 44.3 Å². The van der Waals surface area contributed by atoms with Crippen LogP contribution in [0.5, 0.6) is 0 Å². The summed E-state index contributed by atoms with van der Waals surface area (Å²) in [5, 5.41) is 7.26. The lowest BCUT2D eigenvalue weighted by Crippen LogP contribution is -2.40. The molecule has 0 saturated heterocycles. The van der Waals surface area contributed by atoms with Crippen LogP contribution in [0.25, 0.3) is 0 Å². The van der Waals surface area contributed by atoms with Crippen LogP contribution in [0.15, 0.2) is 24.3 Å². The number of hydrogen-bond acceptors (Lipinski definition) is 2. The van der Waals surface area contributed by atoms with E-state index >= 15 is 0 Å². The highest BCUT2D eigenvalue weighted by atomic mass is 32.1. The number of rotatable bonds is 7. The highest BCUT2D eigenvalue weighted by Gasteiger charge is 2.24. The molecule has 2 N–H and O–H groups in total. The van der Waals surface area contributed by atoms with Crippen molar-refractivity contribution in [2.75, 3.05) is 26.3 Å². The van der Waals surface area contributed by atoms with Crippen LogP contribution in [-0.4, -0.2) is 31.4 Å². The summed E-state index contributed by atoms with van der Waals surface area (Å²) >= 11 is 5.26. The van der Waals surface area contributed by atoms with Gasteiger partial charge in [-0.2, -0.15) is 0 Å². The van der Waals surface area contributed by atoms with Gasteiger partial charge in [-0.3, -0.25) is 0 Å². The summed E-state index contributed by atoms with van der Waals surface area (Å²) in [6.07, 6.45) is 2.15. The van der Waals surface area contributed by atoms with Crippen LogP contribution in [-0.2, 0) is 11.2 Å². The molecule has 1 aromatic rings. The van der Waals surface area contributed by atoms with Gasteiger partial charge in [-0.15, -0.1) is 0 Å². The van der Waals surface area contributed by atoms with E-state index in [4.69, 9.17) is 17.0 Å². The normalized spacial score (nSPS) is 16.4. The number of hydrogen-bond donors (Lipinski definition) is 2. The minimum atomic E-state index is 0.611. The molecule has 0 aliphatic heterocycles. The molecule has 0 bridgehead atoms. The lowest BCUT2D eigenvalue weighted by atomic mass is 9.78. The van der Waals surface area contributed by atoms with Gasteiger partial charge in [-0.1, -0.05) is 24.3 Å². The molecule has 0 aromatic heterocycles. The topological polar surface area (TPSA) is 33.3 Å². The van der Waals surface area contributed by atoms with Gasteiger partial charge in [0, 0.05) is 32.2 Å². The molecular formula is C15H22N2OS. The van der Waals surface area contributed by atoms with E-state index in [1.165, 1.54) is 11.1 Å². The van der Waals surface area contributed by atoms with Gasteiger partial charge in [0.1, 0.15) is 0 Å². The van der Waals surface area contributed by atoms with E-state index in [9.17, 15) is 0 Å². The van der Waals surface area contributed by atoms with Crippen molar-refractivity contribution in [2.24, 2.45) is 0 Å². The predicted molar refractivity (Wildman–Crippen MR) is 82.6 cm³/mol. The molecule has 104 valence electrons. The molecule has 0 heterocycles. The first kappa shape index (κ1) is 14.3. The Kier molecular flexibility index (Phi) is 5.61. The number of thiocarbonyl (C=S) groups is 1. The van der Waals surface area contributed by atoms with Crippen LogP contribution in [0, 0.1) is 0 Å². The Morgan fingerprint density at radius 3 is 3.00 bits per heavy atom. The average molecular weight is 278 g/mol. The number of fused-ring (bicyclic) bond motifs is 1. The summed E-state index contributed by atoms with van der Waals surface area (Å²) < 4.78 is 5.28. The van der Waals surface area contributed by atoms with Gasteiger partial charge >= 0.3 is 0 Å². The molecule has 4 heteroatoms. The van der Waals surface area contributed by atoms with Gasteiger partial charge in [0.25, 0.3) is 0 Å². The van der Waals surface area contributed by atoms with Crippen molar-refractivity contribution in [3.63, 3.8) is 0 Å². The summed E-state index contributed by atoms with van der Waals surface area (Å²) in [4.78, 5) is 0. The Balaban J connectivity index is 1.58. The fraction of sp³-hybridized carbons (Fsp3) is 0.533. The number of ether oxygens (including phenoxy) is 1. The SMILES string of the molecule is CCOCCCNC(=S)NCC1Cc2ccccc21. The highest BCUT2D eigenvalue weighted by molar-refractivity contribution is 7.80. The van der Waals surface area contributed by atoms with Crippen molar-refractivity contribution in [1.82, 2.24) is 10.6 Å². The summed E-state index contributed by atoms with van der Waals surface area (Å²) in [6, 6.07) is 8.63. The molecule has 1 aromatic carbocycles. The van der Waals surface area contributed by atoms with E-state index in [1.54, 1.807) is 0 Å². The molecule has 1 unspecified atom stereocenters. The van der Waals surface area contributed by atoms with Crippen LogP contribution in [0.1, 0.15) is 30.4 Å². The summed E-state index contributed by atoms with van der Waals surface area (Å²) in [5.41, 5.74) is 2.94. The molecule has 1 aliphatic rings. The van der Waals surface area contributed by atoms with Crippen molar-refractivity contribution < 1.29 is 4.74 Å². The second-order valence-electron chi connectivity index (χ2n) is 4.79. The third-order valence-electron chi connectivity index (χ3n) is 3.43. The lowest BCUT2D eigenvalue weighted by Gasteiger charge is -2.30. The van der Waals surface area contributed by atoms with Gasteiger partial charge in [-0.05, 0) is 43.1 Å². The molecule has 1 aliphatic carbocycles. The maximum atomic E-state index is 5.28. The van der Waals surface area contributed by atoms with E-state index in [2.05, 4.69) is 34.9 Å². The Labute approximate surface area is 120 Å². The van der Waals surface area contributed by atoms with Crippen LogP contribution in [0.2, 0.25) is 0 Å². The molecule has 0 spiro atoms. The molecule has 0 fully saturated rings. The molecule has 3 nitrogen and oxygen atoms in total. The largest absolute Gasteiger partial charge is 0.382 e. The zero-order chi connectivity index (χ0) is 13.5. The van der Waals surface area contributed by atoms with Crippen LogP contribution in [0.3, 0.4) is 0 Å². The fourth-order valence-electron chi connectivity index (χ4n) is 2.34. The molecule has 2 rings (SSSR count). The van der Waals surface area contributed by atoms with Crippen molar-refractivity contribution >= 4 is 17.3 Å². The molecule has 0 amide bonds. The minimum absolute atomic E-state index is 0.611. The first-order chi connectivity index (χ1) is 9.31. The Morgan fingerprint density at radius 2 is 2.21 bits per heavy atom.